The lowest BCUT2D eigenvalue weighted by Crippen LogP contribution is -2.21. The molecule has 4 nitrogen and oxygen atoms in total. The van der Waals surface area contributed by atoms with Gasteiger partial charge in [-0.3, -0.25) is 9.59 Å². The molecule has 0 spiro atoms. The monoisotopic (exact) mass is 333 g/mol. The van der Waals surface area contributed by atoms with Crippen molar-refractivity contribution in [2.75, 3.05) is 11.9 Å². The molecule has 3 aromatic carbocycles. The lowest BCUT2D eigenvalue weighted by Gasteiger charge is -2.10. The second-order valence-corrected chi connectivity index (χ2v) is 5.84. The van der Waals surface area contributed by atoms with E-state index >= 15 is 0 Å². The summed E-state index contributed by atoms with van der Waals surface area (Å²) < 4.78 is 5.10. The molecule has 0 aliphatic heterocycles. The first-order valence-electron chi connectivity index (χ1n) is 8.11. The number of rotatable bonds is 5. The molecule has 0 saturated carbocycles. The molecule has 4 heteroatoms. The quantitative estimate of drug-likeness (QED) is 0.721. The van der Waals surface area contributed by atoms with E-state index < -0.39 is 5.97 Å². The smallest absolute Gasteiger partial charge is 0.310 e. The third-order valence-electron chi connectivity index (χ3n) is 4.02. The van der Waals surface area contributed by atoms with Gasteiger partial charge in [0.1, 0.15) is 0 Å². The predicted octanol–water partition coefficient (Wildman–Crippen LogP) is 3.87. The summed E-state index contributed by atoms with van der Waals surface area (Å²) >= 11 is 0. The highest BCUT2D eigenvalue weighted by atomic mass is 16.5. The van der Waals surface area contributed by atoms with E-state index in [0.29, 0.717) is 5.69 Å². The van der Waals surface area contributed by atoms with E-state index in [2.05, 4.69) is 5.32 Å². The number of nitrogens with one attached hydrogen (secondary N) is 1. The standard InChI is InChI=1S/C21H19NO3/c1-15-7-2-3-9-17(15)13-21(24)25-14-20(23)22-19-12-6-10-16-8-4-5-11-18(16)19/h2-12H,13-14H2,1H3,(H,22,23). The number of aryl methyl sites for hydroxylation is 1. The number of carbonyl (C=O) groups is 2. The first-order valence-corrected chi connectivity index (χ1v) is 8.11. The van der Waals surface area contributed by atoms with E-state index in [0.717, 1.165) is 21.9 Å². The molecule has 25 heavy (non-hydrogen) atoms. The van der Waals surface area contributed by atoms with Gasteiger partial charge in [-0.25, -0.2) is 0 Å². The third kappa shape index (κ3) is 4.23. The van der Waals surface area contributed by atoms with Gasteiger partial charge in [-0.1, -0.05) is 60.7 Å². The van der Waals surface area contributed by atoms with Gasteiger partial charge in [-0.2, -0.15) is 0 Å². The van der Waals surface area contributed by atoms with Gasteiger partial charge in [-0.15, -0.1) is 0 Å². The Kier molecular flexibility index (Phi) is 5.09. The van der Waals surface area contributed by atoms with Gasteiger partial charge in [-0.05, 0) is 29.5 Å². The number of hydrogen-bond acceptors (Lipinski definition) is 3. The fraction of sp³-hybridized carbons (Fsp3) is 0.143. The van der Waals surface area contributed by atoms with E-state index in [1.165, 1.54) is 0 Å². The molecular formula is C21H19NO3. The molecule has 0 radical (unpaired) electrons. The molecule has 0 saturated heterocycles. The van der Waals surface area contributed by atoms with Crippen molar-refractivity contribution in [1.29, 1.82) is 0 Å². The zero-order valence-electron chi connectivity index (χ0n) is 14.0. The lowest BCUT2D eigenvalue weighted by atomic mass is 10.1. The molecule has 126 valence electrons. The van der Waals surface area contributed by atoms with Crippen LogP contribution in [0, 0.1) is 6.92 Å². The number of hydrogen-bond donors (Lipinski definition) is 1. The zero-order valence-corrected chi connectivity index (χ0v) is 14.0. The molecule has 3 rings (SSSR count). The highest BCUT2D eigenvalue weighted by Gasteiger charge is 2.11. The minimum atomic E-state index is -0.414. The van der Waals surface area contributed by atoms with Crippen LogP contribution in [-0.4, -0.2) is 18.5 Å². The molecule has 0 aromatic heterocycles. The SMILES string of the molecule is Cc1ccccc1CC(=O)OCC(=O)Nc1cccc2ccccc12. The van der Waals surface area contributed by atoms with E-state index in [1.807, 2.05) is 73.7 Å². The second kappa shape index (κ2) is 7.62. The van der Waals surface area contributed by atoms with E-state index in [1.54, 1.807) is 0 Å². The maximum absolute atomic E-state index is 12.1. The van der Waals surface area contributed by atoms with Crippen molar-refractivity contribution >= 4 is 28.3 Å². The Morgan fingerprint density at radius 1 is 0.920 bits per heavy atom. The molecule has 0 unspecified atom stereocenters. The van der Waals surface area contributed by atoms with Crippen LogP contribution in [-0.2, 0) is 20.7 Å². The summed E-state index contributed by atoms with van der Waals surface area (Å²) in [6, 6.07) is 21.1. The number of ether oxygens (including phenoxy) is 1. The Balaban J connectivity index is 1.57. The van der Waals surface area contributed by atoms with Gasteiger partial charge < -0.3 is 10.1 Å². The summed E-state index contributed by atoms with van der Waals surface area (Å²) in [5.74, 6) is -0.767. The summed E-state index contributed by atoms with van der Waals surface area (Å²) in [4.78, 5) is 24.0. The van der Waals surface area contributed by atoms with Crippen LogP contribution in [0.3, 0.4) is 0 Å². The van der Waals surface area contributed by atoms with Crippen LogP contribution in [0.1, 0.15) is 11.1 Å². The topological polar surface area (TPSA) is 55.4 Å². The van der Waals surface area contributed by atoms with Crippen molar-refractivity contribution in [3.8, 4) is 0 Å². The Morgan fingerprint density at radius 2 is 1.64 bits per heavy atom. The Labute approximate surface area is 146 Å². The normalized spacial score (nSPS) is 10.4. The van der Waals surface area contributed by atoms with Gasteiger partial charge >= 0.3 is 5.97 Å². The molecule has 0 atom stereocenters. The Hall–Kier alpha value is -3.14. The molecule has 3 aromatic rings. The molecule has 0 fully saturated rings. The van der Waals surface area contributed by atoms with E-state index in [4.69, 9.17) is 4.74 Å². The maximum atomic E-state index is 12.1. The number of carbonyl (C=O) groups excluding carboxylic acids is 2. The van der Waals surface area contributed by atoms with Gasteiger partial charge in [0, 0.05) is 11.1 Å². The fourth-order valence-electron chi connectivity index (χ4n) is 2.68. The Morgan fingerprint density at radius 3 is 2.48 bits per heavy atom. The number of esters is 1. The molecule has 1 amide bonds. The largest absolute Gasteiger partial charge is 0.455 e. The number of anilines is 1. The van der Waals surface area contributed by atoms with E-state index in [-0.39, 0.29) is 18.9 Å². The number of benzene rings is 3. The van der Waals surface area contributed by atoms with Crippen LogP contribution in [0.25, 0.3) is 10.8 Å². The van der Waals surface area contributed by atoms with Crippen LogP contribution < -0.4 is 5.32 Å². The van der Waals surface area contributed by atoms with Crippen molar-refractivity contribution in [3.63, 3.8) is 0 Å². The number of fused-ring (bicyclic) bond motifs is 1. The zero-order chi connectivity index (χ0) is 17.6. The fourth-order valence-corrected chi connectivity index (χ4v) is 2.68. The highest BCUT2D eigenvalue weighted by molar-refractivity contribution is 6.02. The molecule has 0 bridgehead atoms. The first-order chi connectivity index (χ1) is 12.1. The molecule has 1 N–H and O–H groups in total. The number of amides is 1. The minimum Gasteiger partial charge on any atom is -0.455 e. The van der Waals surface area contributed by atoms with Crippen molar-refractivity contribution in [2.24, 2.45) is 0 Å². The van der Waals surface area contributed by atoms with Crippen molar-refractivity contribution in [1.82, 2.24) is 0 Å². The average Bonchev–Trinajstić information content (AvgIpc) is 2.62. The first kappa shape index (κ1) is 16.7. The van der Waals surface area contributed by atoms with Gasteiger partial charge in [0.05, 0.1) is 6.42 Å². The van der Waals surface area contributed by atoms with Crippen LogP contribution in [0.15, 0.2) is 66.7 Å². The average molecular weight is 333 g/mol. The maximum Gasteiger partial charge on any atom is 0.310 e. The summed E-state index contributed by atoms with van der Waals surface area (Å²) in [6.07, 6.45) is 0.161. The van der Waals surface area contributed by atoms with Crippen LogP contribution in [0.5, 0.6) is 0 Å². The van der Waals surface area contributed by atoms with Crippen molar-refractivity contribution < 1.29 is 14.3 Å². The van der Waals surface area contributed by atoms with Gasteiger partial charge in [0.15, 0.2) is 6.61 Å². The molecule has 0 aliphatic rings. The second-order valence-electron chi connectivity index (χ2n) is 5.84. The molecule has 0 aliphatic carbocycles. The van der Waals surface area contributed by atoms with Crippen molar-refractivity contribution in [3.05, 3.63) is 77.9 Å². The highest BCUT2D eigenvalue weighted by Crippen LogP contribution is 2.22. The minimum absolute atomic E-state index is 0.161. The predicted molar refractivity (Wildman–Crippen MR) is 98.4 cm³/mol. The summed E-state index contributed by atoms with van der Waals surface area (Å²) in [6.45, 7) is 1.64. The summed E-state index contributed by atoms with van der Waals surface area (Å²) in [7, 11) is 0. The van der Waals surface area contributed by atoms with Crippen LogP contribution in [0.2, 0.25) is 0 Å². The van der Waals surface area contributed by atoms with Gasteiger partial charge in [0.25, 0.3) is 5.91 Å². The van der Waals surface area contributed by atoms with Crippen molar-refractivity contribution in [2.45, 2.75) is 13.3 Å². The third-order valence-corrected chi connectivity index (χ3v) is 4.02. The Bertz CT molecular complexity index is 912. The summed E-state index contributed by atoms with van der Waals surface area (Å²) in [5, 5.41) is 4.79. The molecular weight excluding hydrogens is 314 g/mol. The van der Waals surface area contributed by atoms with Gasteiger partial charge in [0.2, 0.25) is 0 Å². The van der Waals surface area contributed by atoms with E-state index in [9.17, 15) is 9.59 Å². The summed E-state index contributed by atoms with van der Waals surface area (Å²) in [5.41, 5.74) is 2.64. The van der Waals surface area contributed by atoms with Crippen LogP contribution in [0.4, 0.5) is 5.69 Å². The lowest BCUT2D eigenvalue weighted by molar-refractivity contribution is -0.146. The van der Waals surface area contributed by atoms with Crippen LogP contribution >= 0.6 is 0 Å². The molecule has 0 heterocycles.